The molecule has 2 fully saturated rings. The molecule has 1 saturated heterocycles. The number of para-hydroxylation sites is 1. The lowest BCUT2D eigenvalue weighted by atomic mass is 9.59. The fraction of sp³-hybridized carbons (Fsp3) is 0.483. The molecular weight excluding hydrogens is 424 g/mol. The first-order chi connectivity index (χ1) is 16.7. The fourth-order valence-corrected chi connectivity index (χ4v) is 7.82. The van der Waals surface area contributed by atoms with Crippen LogP contribution >= 0.6 is 0 Å². The van der Waals surface area contributed by atoms with Gasteiger partial charge in [-0.15, -0.1) is 0 Å². The normalized spacial score (nSPS) is 32.2. The van der Waals surface area contributed by atoms with E-state index in [4.69, 9.17) is 4.74 Å². The Bertz CT molecular complexity index is 1110. The Balaban J connectivity index is 1.52. The molecule has 2 aliphatic carbocycles. The van der Waals surface area contributed by atoms with E-state index in [0.29, 0.717) is 24.2 Å². The van der Waals surface area contributed by atoms with Crippen molar-refractivity contribution in [1.29, 1.82) is 0 Å². The minimum Gasteiger partial charge on any atom is -0.466 e. The maximum atomic E-state index is 13.1. The van der Waals surface area contributed by atoms with E-state index in [-0.39, 0.29) is 24.0 Å². The van der Waals surface area contributed by atoms with Gasteiger partial charge in [-0.1, -0.05) is 55.0 Å². The summed E-state index contributed by atoms with van der Waals surface area (Å²) >= 11 is 0. The van der Waals surface area contributed by atoms with Gasteiger partial charge in [-0.2, -0.15) is 0 Å². The van der Waals surface area contributed by atoms with Crippen LogP contribution in [0.25, 0.3) is 0 Å². The molecule has 2 aliphatic heterocycles. The molecule has 0 bridgehead atoms. The van der Waals surface area contributed by atoms with E-state index in [0.717, 1.165) is 55.7 Å². The van der Waals surface area contributed by atoms with Crippen LogP contribution in [0, 0.1) is 17.8 Å². The van der Waals surface area contributed by atoms with Crippen molar-refractivity contribution in [1.82, 2.24) is 4.90 Å². The highest BCUT2D eigenvalue weighted by molar-refractivity contribution is 5.93. The smallest absolute Gasteiger partial charge is 0.335 e. The van der Waals surface area contributed by atoms with E-state index >= 15 is 0 Å². The average molecular weight is 459 g/mol. The first kappa shape index (κ1) is 21.9. The number of benzene rings is 2. The molecule has 0 unspecified atom stereocenters. The largest absolute Gasteiger partial charge is 0.466 e. The summed E-state index contributed by atoms with van der Waals surface area (Å²) in [6.07, 6.45) is 5.05. The van der Waals surface area contributed by atoms with Crippen molar-refractivity contribution in [3.63, 3.8) is 0 Å². The van der Waals surface area contributed by atoms with Gasteiger partial charge in [0.1, 0.15) is 0 Å². The van der Waals surface area contributed by atoms with E-state index in [2.05, 4.69) is 64.8 Å². The van der Waals surface area contributed by atoms with Gasteiger partial charge in [-0.3, -0.25) is 4.90 Å². The molecule has 34 heavy (non-hydrogen) atoms. The molecule has 2 aromatic rings. The van der Waals surface area contributed by atoms with Crippen molar-refractivity contribution in [2.45, 2.75) is 50.1 Å². The molecule has 5 atom stereocenters. The quantitative estimate of drug-likeness (QED) is 0.647. The standard InChI is InChI=1S/C29H34N2O3/c1-34-28(33)23-16-22(21-11-7-10-20(21)18-32)27-29(24-12-5-6-13-25(24)30-26(23)29)14-15-31(27)17-19-8-3-2-4-9-19/h2-6,8-9,12-13,20-22,27,30,32H,7,10-11,14-18H2,1H3/t20-,21-,22-,27-,29-/m1/s1. The summed E-state index contributed by atoms with van der Waals surface area (Å²) in [5.41, 5.74) is 5.40. The summed E-state index contributed by atoms with van der Waals surface area (Å²) in [6, 6.07) is 19.6. The highest BCUT2D eigenvalue weighted by Gasteiger charge is 2.62. The van der Waals surface area contributed by atoms with Gasteiger partial charge in [0.2, 0.25) is 0 Å². The highest BCUT2D eigenvalue weighted by atomic mass is 16.5. The number of fused-ring (bicyclic) bond motifs is 1. The number of rotatable bonds is 5. The highest BCUT2D eigenvalue weighted by Crippen LogP contribution is 2.61. The lowest BCUT2D eigenvalue weighted by Gasteiger charge is -2.48. The number of esters is 1. The second kappa shape index (κ2) is 8.54. The second-order valence-electron chi connectivity index (χ2n) is 10.5. The van der Waals surface area contributed by atoms with E-state index in [1.54, 1.807) is 0 Å². The number of anilines is 1. The van der Waals surface area contributed by atoms with Crippen LogP contribution in [0.3, 0.4) is 0 Å². The number of aliphatic hydroxyl groups excluding tert-OH is 1. The zero-order valence-electron chi connectivity index (χ0n) is 19.9. The van der Waals surface area contributed by atoms with Gasteiger partial charge in [0.05, 0.1) is 18.1 Å². The van der Waals surface area contributed by atoms with E-state index in [1.807, 2.05) is 0 Å². The van der Waals surface area contributed by atoms with Gasteiger partial charge in [-0.05, 0) is 60.6 Å². The lowest BCUT2D eigenvalue weighted by molar-refractivity contribution is -0.137. The summed E-state index contributed by atoms with van der Waals surface area (Å²) in [5, 5.41) is 13.9. The third-order valence-electron chi connectivity index (χ3n) is 9.11. The predicted octanol–water partition coefficient (Wildman–Crippen LogP) is 4.48. The van der Waals surface area contributed by atoms with Crippen LogP contribution in [-0.4, -0.2) is 42.3 Å². The molecule has 0 radical (unpaired) electrons. The Morgan fingerprint density at radius 2 is 1.91 bits per heavy atom. The van der Waals surface area contributed by atoms with Crippen LogP contribution in [0.15, 0.2) is 65.9 Å². The molecule has 1 saturated carbocycles. The van der Waals surface area contributed by atoms with Gasteiger partial charge >= 0.3 is 5.97 Å². The van der Waals surface area contributed by atoms with Crippen molar-refractivity contribution in [3.05, 3.63) is 77.0 Å². The molecule has 2 heterocycles. The summed E-state index contributed by atoms with van der Waals surface area (Å²) in [6.45, 7) is 2.13. The molecule has 5 heteroatoms. The first-order valence-corrected chi connectivity index (χ1v) is 12.7. The maximum absolute atomic E-state index is 13.1. The van der Waals surface area contributed by atoms with Crippen LogP contribution < -0.4 is 5.32 Å². The fourth-order valence-electron chi connectivity index (χ4n) is 7.82. The Kier molecular flexibility index (Phi) is 5.50. The van der Waals surface area contributed by atoms with E-state index in [1.165, 1.54) is 18.2 Å². The van der Waals surface area contributed by atoms with E-state index in [9.17, 15) is 9.90 Å². The molecule has 0 aromatic heterocycles. The number of aliphatic hydroxyl groups is 1. The summed E-state index contributed by atoms with van der Waals surface area (Å²) in [5.74, 6) is 0.818. The minimum absolute atomic E-state index is 0.210. The van der Waals surface area contributed by atoms with Crippen molar-refractivity contribution >= 4 is 11.7 Å². The Morgan fingerprint density at radius 1 is 1.12 bits per heavy atom. The van der Waals surface area contributed by atoms with Crippen molar-refractivity contribution < 1.29 is 14.6 Å². The molecule has 6 rings (SSSR count). The second-order valence-corrected chi connectivity index (χ2v) is 10.5. The number of carbonyl (C=O) groups excluding carboxylic acids is 1. The maximum Gasteiger partial charge on any atom is 0.335 e. The number of ether oxygens (including phenoxy) is 1. The van der Waals surface area contributed by atoms with Crippen LogP contribution in [0.4, 0.5) is 5.69 Å². The Labute approximate surface area is 201 Å². The monoisotopic (exact) mass is 458 g/mol. The summed E-state index contributed by atoms with van der Waals surface area (Å²) in [4.78, 5) is 15.8. The Hall–Kier alpha value is -2.63. The van der Waals surface area contributed by atoms with Crippen LogP contribution in [0.2, 0.25) is 0 Å². The number of hydrogen-bond donors (Lipinski definition) is 2. The topological polar surface area (TPSA) is 61.8 Å². The summed E-state index contributed by atoms with van der Waals surface area (Å²) < 4.78 is 5.33. The molecule has 5 nitrogen and oxygen atoms in total. The lowest BCUT2D eigenvalue weighted by Crippen LogP contribution is -2.53. The molecule has 0 amide bonds. The minimum atomic E-state index is -0.236. The SMILES string of the molecule is COC(=O)C1=C2Nc3ccccc3[C@]23CCN(Cc2ccccc2)[C@@H]3[C@@H]([C@@H]2CCC[C@@H]2CO)C1. The van der Waals surface area contributed by atoms with Crippen LogP contribution in [0.5, 0.6) is 0 Å². The number of nitrogens with zero attached hydrogens (tertiary/aromatic N) is 1. The van der Waals surface area contributed by atoms with Gasteiger partial charge in [0.15, 0.2) is 0 Å². The van der Waals surface area contributed by atoms with E-state index < -0.39 is 0 Å². The molecule has 2 aromatic carbocycles. The number of hydrogen-bond acceptors (Lipinski definition) is 5. The molecule has 4 aliphatic rings. The van der Waals surface area contributed by atoms with Crippen LogP contribution in [0.1, 0.15) is 43.2 Å². The number of nitrogens with one attached hydrogen (secondary N) is 1. The number of likely N-dealkylation sites (tertiary alicyclic amines) is 1. The van der Waals surface area contributed by atoms with Crippen LogP contribution in [-0.2, 0) is 21.5 Å². The van der Waals surface area contributed by atoms with Crippen molar-refractivity contribution in [3.8, 4) is 0 Å². The average Bonchev–Trinajstić information content (AvgIpc) is 3.59. The van der Waals surface area contributed by atoms with Gasteiger partial charge in [0, 0.05) is 37.1 Å². The van der Waals surface area contributed by atoms with Crippen molar-refractivity contribution in [2.75, 3.05) is 25.6 Å². The third-order valence-corrected chi connectivity index (χ3v) is 9.11. The van der Waals surface area contributed by atoms with Gasteiger partial charge in [0.25, 0.3) is 0 Å². The third kappa shape index (κ3) is 3.17. The molecule has 2 N–H and O–H groups in total. The zero-order valence-corrected chi connectivity index (χ0v) is 19.9. The number of methoxy groups -OCH3 is 1. The van der Waals surface area contributed by atoms with Gasteiger partial charge in [-0.25, -0.2) is 4.79 Å². The van der Waals surface area contributed by atoms with Crippen molar-refractivity contribution in [2.24, 2.45) is 17.8 Å². The molecule has 1 spiro atoms. The van der Waals surface area contributed by atoms with Gasteiger partial charge < -0.3 is 15.2 Å². The summed E-state index contributed by atoms with van der Waals surface area (Å²) in [7, 11) is 1.49. The Morgan fingerprint density at radius 3 is 2.71 bits per heavy atom. The predicted molar refractivity (Wildman–Crippen MR) is 132 cm³/mol. The molecular formula is C29H34N2O3. The zero-order chi connectivity index (χ0) is 23.3. The molecule has 178 valence electrons. The first-order valence-electron chi connectivity index (χ1n) is 12.7. The number of carbonyl (C=O) groups is 1.